The molecule has 0 rings (SSSR count). The summed E-state index contributed by atoms with van der Waals surface area (Å²) in [5, 5.41) is 0. The molecule has 0 aliphatic heterocycles. The van der Waals surface area contributed by atoms with Crippen molar-refractivity contribution in [1.82, 2.24) is 0 Å². The molecule has 0 bridgehead atoms. The number of thiocarbonyl (C=S) groups is 1. The SMILES string of the molecule is CCCC(N)CC(=S)CC(N)CCC. The highest BCUT2D eigenvalue weighted by Gasteiger charge is 2.09. The second kappa shape index (κ2) is 8.33. The molecule has 84 valence electrons. The Kier molecular flexibility index (Phi) is 8.34. The highest BCUT2D eigenvalue weighted by molar-refractivity contribution is 7.80. The average Bonchev–Trinajstić information content (AvgIpc) is 2.03. The Labute approximate surface area is 93.4 Å². The van der Waals surface area contributed by atoms with Crippen LogP contribution in [0.25, 0.3) is 0 Å². The molecule has 2 unspecified atom stereocenters. The van der Waals surface area contributed by atoms with Crippen molar-refractivity contribution in [1.29, 1.82) is 0 Å². The van der Waals surface area contributed by atoms with Crippen molar-refractivity contribution in [3.63, 3.8) is 0 Å². The van der Waals surface area contributed by atoms with E-state index in [0.717, 1.165) is 43.4 Å². The van der Waals surface area contributed by atoms with E-state index in [1.54, 1.807) is 0 Å². The summed E-state index contributed by atoms with van der Waals surface area (Å²) in [6, 6.07) is 0.475. The Morgan fingerprint density at radius 2 is 1.36 bits per heavy atom. The van der Waals surface area contributed by atoms with Crippen LogP contribution in [0.1, 0.15) is 52.4 Å². The van der Waals surface area contributed by atoms with Gasteiger partial charge in [-0.25, -0.2) is 0 Å². The Hall–Kier alpha value is 0.01000. The van der Waals surface area contributed by atoms with E-state index >= 15 is 0 Å². The van der Waals surface area contributed by atoms with Gasteiger partial charge in [-0.15, -0.1) is 0 Å². The Morgan fingerprint density at radius 3 is 1.64 bits per heavy atom. The van der Waals surface area contributed by atoms with E-state index in [2.05, 4.69) is 13.8 Å². The molecular formula is C11H24N2S. The standard InChI is InChI=1S/C11H24N2S/c1-3-5-9(12)7-11(14)8-10(13)6-4-2/h9-10H,3-8,12-13H2,1-2H3. The highest BCUT2D eigenvalue weighted by Crippen LogP contribution is 2.07. The minimum Gasteiger partial charge on any atom is -0.327 e. The van der Waals surface area contributed by atoms with Gasteiger partial charge in [-0.2, -0.15) is 0 Å². The molecule has 4 N–H and O–H groups in total. The van der Waals surface area contributed by atoms with Gasteiger partial charge < -0.3 is 11.5 Å². The minimum atomic E-state index is 0.237. The van der Waals surface area contributed by atoms with Crippen LogP contribution in [0.5, 0.6) is 0 Å². The summed E-state index contributed by atoms with van der Waals surface area (Å²) in [5.41, 5.74) is 11.8. The second-order valence-electron chi connectivity index (χ2n) is 4.04. The van der Waals surface area contributed by atoms with Crippen LogP contribution < -0.4 is 11.5 Å². The lowest BCUT2D eigenvalue weighted by Crippen LogP contribution is -2.27. The van der Waals surface area contributed by atoms with Crippen LogP contribution in [0.15, 0.2) is 0 Å². The molecule has 0 aromatic heterocycles. The Morgan fingerprint density at radius 1 is 1.00 bits per heavy atom. The molecule has 0 spiro atoms. The molecule has 0 saturated carbocycles. The van der Waals surface area contributed by atoms with Gasteiger partial charge >= 0.3 is 0 Å². The third kappa shape index (κ3) is 7.42. The molecule has 2 nitrogen and oxygen atoms in total. The van der Waals surface area contributed by atoms with Crippen LogP contribution in [0.4, 0.5) is 0 Å². The predicted molar refractivity (Wildman–Crippen MR) is 67.6 cm³/mol. The van der Waals surface area contributed by atoms with Crippen molar-refractivity contribution < 1.29 is 0 Å². The summed E-state index contributed by atoms with van der Waals surface area (Å²) in [6.07, 6.45) is 6.10. The van der Waals surface area contributed by atoms with E-state index in [4.69, 9.17) is 23.7 Å². The number of rotatable bonds is 8. The quantitative estimate of drug-likeness (QED) is 0.613. The molecule has 14 heavy (non-hydrogen) atoms. The molecule has 0 aromatic rings. The van der Waals surface area contributed by atoms with E-state index in [9.17, 15) is 0 Å². The van der Waals surface area contributed by atoms with Crippen molar-refractivity contribution in [2.45, 2.75) is 64.5 Å². The zero-order valence-corrected chi connectivity index (χ0v) is 10.3. The van der Waals surface area contributed by atoms with Gasteiger partial charge in [0.25, 0.3) is 0 Å². The first-order valence-corrected chi connectivity index (χ1v) is 6.03. The predicted octanol–water partition coefficient (Wildman–Crippen LogP) is 2.39. The van der Waals surface area contributed by atoms with Crippen LogP contribution in [0.2, 0.25) is 0 Å². The molecule has 0 aliphatic rings. The molecule has 0 aliphatic carbocycles. The molecule has 0 saturated heterocycles. The molecule has 3 heteroatoms. The van der Waals surface area contributed by atoms with E-state index in [-0.39, 0.29) is 12.1 Å². The summed E-state index contributed by atoms with van der Waals surface area (Å²) in [6.45, 7) is 4.29. The van der Waals surface area contributed by atoms with Gasteiger partial charge in [0, 0.05) is 12.1 Å². The third-order valence-electron chi connectivity index (χ3n) is 2.30. The van der Waals surface area contributed by atoms with E-state index in [1.807, 2.05) is 0 Å². The first-order chi connectivity index (χ1) is 6.60. The van der Waals surface area contributed by atoms with Crippen LogP contribution in [0.3, 0.4) is 0 Å². The summed E-state index contributed by atoms with van der Waals surface area (Å²) >= 11 is 5.27. The van der Waals surface area contributed by atoms with Gasteiger partial charge in [-0.1, -0.05) is 38.9 Å². The van der Waals surface area contributed by atoms with Crippen molar-refractivity contribution >= 4 is 17.1 Å². The minimum absolute atomic E-state index is 0.237. The van der Waals surface area contributed by atoms with Crippen molar-refractivity contribution in [2.75, 3.05) is 0 Å². The molecule has 0 radical (unpaired) electrons. The second-order valence-corrected chi connectivity index (χ2v) is 4.62. The van der Waals surface area contributed by atoms with E-state index < -0.39 is 0 Å². The summed E-state index contributed by atoms with van der Waals surface area (Å²) in [7, 11) is 0. The maximum atomic E-state index is 5.91. The van der Waals surface area contributed by atoms with Gasteiger partial charge in [0.05, 0.1) is 0 Å². The van der Waals surface area contributed by atoms with Crippen molar-refractivity contribution in [3.05, 3.63) is 0 Å². The highest BCUT2D eigenvalue weighted by atomic mass is 32.1. The maximum absolute atomic E-state index is 5.91. The fourth-order valence-electron chi connectivity index (χ4n) is 1.61. The Bertz CT molecular complexity index is 143. The Balaban J connectivity index is 3.63. The van der Waals surface area contributed by atoms with E-state index in [1.165, 1.54) is 0 Å². The summed E-state index contributed by atoms with van der Waals surface area (Å²) < 4.78 is 0. The number of nitrogens with two attached hydrogens (primary N) is 2. The lowest BCUT2D eigenvalue weighted by atomic mass is 10.0. The zero-order valence-electron chi connectivity index (χ0n) is 9.46. The van der Waals surface area contributed by atoms with Gasteiger partial charge in [0.15, 0.2) is 0 Å². The van der Waals surface area contributed by atoms with E-state index in [0.29, 0.717) is 0 Å². The van der Waals surface area contributed by atoms with Gasteiger partial charge in [0.2, 0.25) is 0 Å². The average molecular weight is 216 g/mol. The fourth-order valence-corrected chi connectivity index (χ4v) is 2.04. The van der Waals surface area contributed by atoms with Crippen molar-refractivity contribution in [3.8, 4) is 0 Å². The van der Waals surface area contributed by atoms with Crippen LogP contribution in [0, 0.1) is 0 Å². The molecular weight excluding hydrogens is 192 g/mol. The smallest absolute Gasteiger partial charge is 0.00842 e. The van der Waals surface area contributed by atoms with Crippen LogP contribution in [-0.2, 0) is 0 Å². The third-order valence-corrected chi connectivity index (χ3v) is 2.63. The van der Waals surface area contributed by atoms with Gasteiger partial charge in [0.1, 0.15) is 0 Å². The number of hydrogen-bond donors (Lipinski definition) is 2. The first kappa shape index (κ1) is 14.0. The first-order valence-electron chi connectivity index (χ1n) is 5.63. The lowest BCUT2D eigenvalue weighted by Gasteiger charge is -2.14. The lowest BCUT2D eigenvalue weighted by molar-refractivity contribution is 0.597. The number of hydrogen-bond acceptors (Lipinski definition) is 3. The molecule has 0 fully saturated rings. The van der Waals surface area contributed by atoms with Gasteiger partial charge in [-0.3, -0.25) is 0 Å². The summed E-state index contributed by atoms with van der Waals surface area (Å²) in [4.78, 5) is 1.05. The van der Waals surface area contributed by atoms with Crippen LogP contribution in [-0.4, -0.2) is 16.9 Å². The normalized spacial score (nSPS) is 15.1. The largest absolute Gasteiger partial charge is 0.327 e. The zero-order chi connectivity index (χ0) is 11.0. The molecule has 0 amide bonds. The molecule has 2 atom stereocenters. The molecule has 0 aromatic carbocycles. The monoisotopic (exact) mass is 216 g/mol. The van der Waals surface area contributed by atoms with Crippen LogP contribution >= 0.6 is 12.2 Å². The maximum Gasteiger partial charge on any atom is 0.00842 e. The fraction of sp³-hybridized carbons (Fsp3) is 0.909. The molecule has 0 heterocycles. The van der Waals surface area contributed by atoms with Crippen molar-refractivity contribution in [2.24, 2.45) is 11.5 Å². The topological polar surface area (TPSA) is 52.0 Å². The van der Waals surface area contributed by atoms with Gasteiger partial charge in [-0.05, 0) is 30.5 Å². The summed E-state index contributed by atoms with van der Waals surface area (Å²) in [5.74, 6) is 0.